The Morgan fingerprint density at radius 1 is 1.24 bits per heavy atom. The van der Waals surface area contributed by atoms with Crippen molar-refractivity contribution in [3.63, 3.8) is 0 Å². The first-order valence-corrected chi connectivity index (χ1v) is 11.3. The van der Waals surface area contributed by atoms with Gasteiger partial charge in [-0.15, -0.1) is 0 Å². The highest BCUT2D eigenvalue weighted by Crippen LogP contribution is 2.30. The van der Waals surface area contributed by atoms with E-state index in [9.17, 15) is 18.8 Å². The molecule has 1 unspecified atom stereocenters. The van der Waals surface area contributed by atoms with Crippen LogP contribution in [0.5, 0.6) is 0 Å². The lowest BCUT2D eigenvalue weighted by Gasteiger charge is -2.33. The van der Waals surface area contributed by atoms with E-state index in [0.717, 1.165) is 31.7 Å². The van der Waals surface area contributed by atoms with Gasteiger partial charge in [-0.3, -0.25) is 14.5 Å². The van der Waals surface area contributed by atoms with Crippen LogP contribution < -0.4 is 20.9 Å². The van der Waals surface area contributed by atoms with Crippen molar-refractivity contribution in [3.05, 3.63) is 42.3 Å². The number of piperidine rings is 1. The number of amides is 3. The van der Waals surface area contributed by atoms with Crippen molar-refractivity contribution in [2.24, 2.45) is 5.73 Å². The molecule has 2 aliphatic heterocycles. The van der Waals surface area contributed by atoms with Crippen LogP contribution >= 0.6 is 0 Å². The average molecular weight is 470 g/mol. The number of aromatic nitrogens is 1. The Labute approximate surface area is 197 Å². The molecule has 2 aromatic rings. The van der Waals surface area contributed by atoms with Gasteiger partial charge >= 0.3 is 6.09 Å². The Morgan fingerprint density at radius 2 is 2.00 bits per heavy atom. The SMILES string of the molecule is CC(=O)NC1CCN(c2ccc(-c3ccc(N4CC(CCC(N)=O)OC4=O)cc3F)cn2)CC1. The maximum absolute atomic E-state index is 15.0. The van der Waals surface area contributed by atoms with Crippen LogP contribution in [0.2, 0.25) is 0 Å². The second kappa shape index (κ2) is 10.1. The van der Waals surface area contributed by atoms with E-state index in [-0.39, 0.29) is 24.9 Å². The Kier molecular flexibility index (Phi) is 6.95. The molecule has 1 aromatic heterocycles. The number of nitrogens with two attached hydrogens (primary N) is 1. The molecular formula is C24H28FN5O4. The van der Waals surface area contributed by atoms with Crippen LogP contribution in [-0.2, 0) is 14.3 Å². The number of halogens is 1. The van der Waals surface area contributed by atoms with Crippen LogP contribution in [0.3, 0.4) is 0 Å². The van der Waals surface area contributed by atoms with Gasteiger partial charge in [-0.2, -0.15) is 0 Å². The van der Waals surface area contributed by atoms with Crippen molar-refractivity contribution in [2.45, 2.75) is 44.8 Å². The third kappa shape index (κ3) is 5.44. The van der Waals surface area contributed by atoms with E-state index in [4.69, 9.17) is 10.5 Å². The predicted molar refractivity (Wildman–Crippen MR) is 125 cm³/mol. The molecule has 2 saturated heterocycles. The molecule has 0 saturated carbocycles. The third-order valence-electron chi connectivity index (χ3n) is 6.14. The number of rotatable bonds is 7. The number of pyridine rings is 1. The van der Waals surface area contributed by atoms with Crippen molar-refractivity contribution >= 4 is 29.4 Å². The van der Waals surface area contributed by atoms with Gasteiger partial charge in [0.25, 0.3) is 0 Å². The second-order valence-electron chi connectivity index (χ2n) is 8.65. The molecule has 4 rings (SSSR count). The van der Waals surface area contributed by atoms with Crippen molar-refractivity contribution in [1.82, 2.24) is 10.3 Å². The van der Waals surface area contributed by atoms with Crippen LogP contribution in [0.25, 0.3) is 11.1 Å². The van der Waals surface area contributed by atoms with E-state index in [1.807, 2.05) is 12.1 Å². The number of primary amides is 1. The summed E-state index contributed by atoms with van der Waals surface area (Å²) in [5, 5.41) is 2.95. The highest BCUT2D eigenvalue weighted by Gasteiger charge is 2.32. The highest BCUT2D eigenvalue weighted by molar-refractivity contribution is 5.90. The highest BCUT2D eigenvalue weighted by atomic mass is 19.1. The zero-order valence-corrected chi connectivity index (χ0v) is 19.0. The zero-order chi connectivity index (χ0) is 24.2. The van der Waals surface area contributed by atoms with Crippen molar-refractivity contribution in [1.29, 1.82) is 0 Å². The second-order valence-corrected chi connectivity index (χ2v) is 8.65. The lowest BCUT2D eigenvalue weighted by molar-refractivity contribution is -0.120. The molecule has 2 fully saturated rings. The molecule has 0 spiro atoms. The minimum atomic E-state index is -0.574. The number of ether oxygens (including phenoxy) is 1. The summed E-state index contributed by atoms with van der Waals surface area (Å²) in [4.78, 5) is 42.4. The van der Waals surface area contributed by atoms with Crippen LogP contribution in [0.4, 0.5) is 20.7 Å². The van der Waals surface area contributed by atoms with Gasteiger partial charge in [0.05, 0.1) is 12.2 Å². The minimum absolute atomic E-state index is 0.0153. The van der Waals surface area contributed by atoms with E-state index in [0.29, 0.717) is 23.2 Å². The number of cyclic esters (lactones) is 1. The van der Waals surface area contributed by atoms with E-state index in [1.54, 1.807) is 18.3 Å². The average Bonchev–Trinajstić information content (AvgIpc) is 3.18. The molecule has 9 nitrogen and oxygen atoms in total. The summed E-state index contributed by atoms with van der Waals surface area (Å²) in [7, 11) is 0. The number of anilines is 2. The fraction of sp³-hybridized carbons (Fsp3) is 0.417. The Bertz CT molecular complexity index is 1070. The number of hydrogen-bond acceptors (Lipinski definition) is 6. The van der Waals surface area contributed by atoms with Crippen LogP contribution in [0, 0.1) is 5.82 Å². The zero-order valence-electron chi connectivity index (χ0n) is 19.0. The van der Waals surface area contributed by atoms with Gasteiger partial charge in [0.15, 0.2) is 0 Å². The summed E-state index contributed by atoms with van der Waals surface area (Å²) in [5.41, 5.74) is 6.55. The molecule has 3 amide bonds. The van der Waals surface area contributed by atoms with Crippen LogP contribution in [-0.4, -0.2) is 54.7 Å². The van der Waals surface area contributed by atoms with E-state index in [2.05, 4.69) is 15.2 Å². The standard InChI is InChI=1S/C24H28FN5O4/c1-15(31)28-17-8-10-29(11-9-17)23-7-2-16(13-27-23)20-5-3-18(12-21(20)25)30-14-19(34-24(30)33)4-6-22(26)32/h2-3,5,7,12-13,17,19H,4,6,8-11,14H2,1H3,(H2,26,32)(H,28,31). The van der Waals surface area contributed by atoms with Gasteiger partial charge in [-0.05, 0) is 49.6 Å². The molecule has 0 aliphatic carbocycles. The van der Waals surface area contributed by atoms with E-state index in [1.165, 1.54) is 17.9 Å². The number of hydrogen-bond donors (Lipinski definition) is 2. The number of benzene rings is 1. The number of carbonyl (C=O) groups excluding carboxylic acids is 3. The van der Waals surface area contributed by atoms with Gasteiger partial charge < -0.3 is 20.7 Å². The fourth-order valence-corrected chi connectivity index (χ4v) is 4.36. The summed E-state index contributed by atoms with van der Waals surface area (Å²) in [6.45, 7) is 3.33. The Morgan fingerprint density at radius 3 is 2.62 bits per heavy atom. The Hall–Kier alpha value is -3.69. The molecule has 3 N–H and O–H groups in total. The lowest BCUT2D eigenvalue weighted by atomic mass is 10.0. The summed E-state index contributed by atoms with van der Waals surface area (Å²) in [5.74, 6) is -0.141. The molecule has 3 heterocycles. The molecule has 180 valence electrons. The molecule has 10 heteroatoms. The predicted octanol–water partition coefficient (Wildman–Crippen LogP) is 2.58. The number of nitrogens with zero attached hydrogens (tertiary/aromatic N) is 3. The topological polar surface area (TPSA) is 118 Å². The summed E-state index contributed by atoms with van der Waals surface area (Å²) in [6.07, 6.45) is 2.76. The van der Waals surface area contributed by atoms with Gasteiger partial charge in [0.2, 0.25) is 11.8 Å². The van der Waals surface area contributed by atoms with Gasteiger partial charge in [-0.25, -0.2) is 14.2 Å². The largest absolute Gasteiger partial charge is 0.444 e. The first-order chi connectivity index (χ1) is 16.3. The molecule has 1 aromatic carbocycles. The number of carbonyl (C=O) groups is 3. The number of nitrogens with one attached hydrogen (secondary N) is 1. The van der Waals surface area contributed by atoms with Crippen molar-refractivity contribution < 1.29 is 23.5 Å². The maximum Gasteiger partial charge on any atom is 0.414 e. The molecule has 2 aliphatic rings. The maximum atomic E-state index is 15.0. The van der Waals surface area contributed by atoms with Gasteiger partial charge in [0, 0.05) is 49.8 Å². The molecule has 0 bridgehead atoms. The quantitative estimate of drug-likeness (QED) is 0.644. The molecular weight excluding hydrogens is 441 g/mol. The van der Waals surface area contributed by atoms with Gasteiger partial charge in [-0.1, -0.05) is 0 Å². The van der Waals surface area contributed by atoms with Crippen molar-refractivity contribution in [3.8, 4) is 11.1 Å². The van der Waals surface area contributed by atoms with Crippen LogP contribution in [0.15, 0.2) is 36.5 Å². The minimum Gasteiger partial charge on any atom is -0.444 e. The first kappa shape index (κ1) is 23.5. The van der Waals surface area contributed by atoms with Crippen molar-refractivity contribution in [2.75, 3.05) is 29.4 Å². The first-order valence-electron chi connectivity index (χ1n) is 11.3. The molecule has 1 atom stereocenters. The Balaban J connectivity index is 1.40. The van der Waals surface area contributed by atoms with E-state index >= 15 is 0 Å². The third-order valence-corrected chi connectivity index (χ3v) is 6.14. The lowest BCUT2D eigenvalue weighted by Crippen LogP contribution is -2.44. The monoisotopic (exact) mass is 469 g/mol. The van der Waals surface area contributed by atoms with E-state index < -0.39 is 23.9 Å². The fourth-order valence-electron chi connectivity index (χ4n) is 4.36. The molecule has 34 heavy (non-hydrogen) atoms. The smallest absolute Gasteiger partial charge is 0.414 e. The summed E-state index contributed by atoms with van der Waals surface area (Å²) < 4.78 is 20.2. The molecule has 0 radical (unpaired) electrons. The normalized spacial score (nSPS) is 18.6. The van der Waals surface area contributed by atoms with Gasteiger partial charge in [0.1, 0.15) is 17.7 Å². The van der Waals surface area contributed by atoms with Crippen LogP contribution in [0.1, 0.15) is 32.6 Å². The summed E-state index contributed by atoms with van der Waals surface area (Å²) >= 11 is 0. The summed E-state index contributed by atoms with van der Waals surface area (Å²) in [6, 6.07) is 8.45.